The van der Waals surface area contributed by atoms with E-state index >= 15 is 0 Å². The zero-order valence-corrected chi connectivity index (χ0v) is 10.5. The molecule has 0 radical (unpaired) electrons. The molecule has 1 atom stereocenters. The lowest BCUT2D eigenvalue weighted by atomic mass is 10.1. The fourth-order valence-corrected chi connectivity index (χ4v) is 2.19. The van der Waals surface area contributed by atoms with Crippen molar-refractivity contribution in [2.75, 3.05) is 20.1 Å². The fraction of sp³-hybridized carbons (Fsp3) is 0.583. The van der Waals surface area contributed by atoms with Gasteiger partial charge in [0.25, 0.3) is 11.5 Å². The number of carbonyl (C=O) groups excluding carboxylic acids is 1. The molecular weight excluding hydrogens is 232 g/mol. The van der Waals surface area contributed by atoms with Crippen LogP contribution in [0.25, 0.3) is 0 Å². The van der Waals surface area contributed by atoms with E-state index in [9.17, 15) is 9.59 Å². The summed E-state index contributed by atoms with van der Waals surface area (Å²) in [6.07, 6.45) is 5.53. The number of carbonyl (C=O) groups is 1. The summed E-state index contributed by atoms with van der Waals surface area (Å²) < 4.78 is 0. The Hall–Kier alpha value is -1.69. The number of nitrogens with zero attached hydrogens (tertiary/aromatic N) is 2. The molecule has 1 fully saturated rings. The van der Waals surface area contributed by atoms with Crippen molar-refractivity contribution in [2.45, 2.75) is 25.3 Å². The first kappa shape index (κ1) is 12.8. The summed E-state index contributed by atoms with van der Waals surface area (Å²) in [5.41, 5.74) is -0.0119. The highest BCUT2D eigenvalue weighted by Crippen LogP contribution is 2.13. The molecule has 1 aromatic heterocycles. The van der Waals surface area contributed by atoms with Gasteiger partial charge in [-0.25, -0.2) is 4.98 Å². The van der Waals surface area contributed by atoms with E-state index in [1.54, 1.807) is 11.9 Å². The highest BCUT2D eigenvalue weighted by Gasteiger charge is 2.22. The van der Waals surface area contributed by atoms with Crippen molar-refractivity contribution in [3.05, 3.63) is 28.4 Å². The van der Waals surface area contributed by atoms with Gasteiger partial charge < -0.3 is 15.2 Å². The van der Waals surface area contributed by atoms with Crippen molar-refractivity contribution in [3.63, 3.8) is 0 Å². The van der Waals surface area contributed by atoms with Crippen molar-refractivity contribution in [1.29, 1.82) is 0 Å². The third-order valence-electron chi connectivity index (χ3n) is 3.30. The van der Waals surface area contributed by atoms with Crippen molar-refractivity contribution < 1.29 is 4.79 Å². The Labute approximate surface area is 105 Å². The molecule has 0 bridgehead atoms. The van der Waals surface area contributed by atoms with Crippen LogP contribution in [0.3, 0.4) is 0 Å². The van der Waals surface area contributed by atoms with Gasteiger partial charge in [-0.05, 0) is 32.4 Å². The number of rotatable bonds is 2. The molecule has 2 N–H and O–H groups in total. The van der Waals surface area contributed by atoms with Gasteiger partial charge in [0, 0.05) is 19.3 Å². The summed E-state index contributed by atoms with van der Waals surface area (Å²) in [5, 5.41) is 3.32. The largest absolute Gasteiger partial charge is 0.337 e. The average molecular weight is 250 g/mol. The number of aromatic nitrogens is 2. The molecule has 1 amide bonds. The monoisotopic (exact) mass is 250 g/mol. The van der Waals surface area contributed by atoms with E-state index in [1.807, 2.05) is 0 Å². The van der Waals surface area contributed by atoms with Gasteiger partial charge in [0.2, 0.25) is 0 Å². The maximum Gasteiger partial charge on any atom is 0.273 e. The van der Waals surface area contributed by atoms with E-state index in [1.165, 1.54) is 6.20 Å². The second kappa shape index (κ2) is 5.77. The molecule has 6 nitrogen and oxygen atoms in total. The van der Waals surface area contributed by atoms with Crippen LogP contribution < -0.4 is 10.9 Å². The highest BCUT2D eigenvalue weighted by atomic mass is 16.2. The van der Waals surface area contributed by atoms with Crippen LogP contribution in [-0.2, 0) is 0 Å². The fourth-order valence-electron chi connectivity index (χ4n) is 2.19. The van der Waals surface area contributed by atoms with Crippen molar-refractivity contribution in [3.8, 4) is 0 Å². The minimum absolute atomic E-state index is 0.141. The van der Waals surface area contributed by atoms with Crippen LogP contribution in [0.2, 0.25) is 0 Å². The van der Waals surface area contributed by atoms with Crippen LogP contribution in [0.15, 0.2) is 17.2 Å². The van der Waals surface area contributed by atoms with Crippen LogP contribution in [0.1, 0.15) is 29.8 Å². The van der Waals surface area contributed by atoms with Gasteiger partial charge >= 0.3 is 0 Å². The third kappa shape index (κ3) is 2.95. The SMILES string of the molecule is CN(C(=O)c1c[nH]c(=O)cn1)C1CCCNCC1. The molecule has 2 heterocycles. The molecule has 18 heavy (non-hydrogen) atoms. The minimum atomic E-state index is -0.298. The molecule has 1 aliphatic rings. The summed E-state index contributed by atoms with van der Waals surface area (Å²) in [5.74, 6) is -0.141. The molecule has 1 saturated heterocycles. The van der Waals surface area contributed by atoms with Gasteiger partial charge in [0.1, 0.15) is 5.69 Å². The van der Waals surface area contributed by atoms with Crippen LogP contribution >= 0.6 is 0 Å². The van der Waals surface area contributed by atoms with Crippen molar-refractivity contribution >= 4 is 5.91 Å². The number of nitrogens with one attached hydrogen (secondary N) is 2. The second-order valence-electron chi connectivity index (χ2n) is 4.55. The Morgan fingerprint density at radius 2 is 2.28 bits per heavy atom. The lowest BCUT2D eigenvalue weighted by molar-refractivity contribution is 0.0714. The van der Waals surface area contributed by atoms with E-state index in [-0.39, 0.29) is 23.2 Å². The first-order valence-electron chi connectivity index (χ1n) is 6.21. The quantitative estimate of drug-likeness (QED) is 0.773. The number of aromatic amines is 1. The van der Waals surface area contributed by atoms with Crippen LogP contribution in [-0.4, -0.2) is 47.0 Å². The maximum atomic E-state index is 12.2. The van der Waals surface area contributed by atoms with E-state index in [4.69, 9.17) is 0 Å². The molecule has 0 saturated carbocycles. The predicted octanol–water partition coefficient (Wildman–Crippen LogP) is -0.0160. The Balaban J connectivity index is 2.07. The van der Waals surface area contributed by atoms with E-state index in [0.29, 0.717) is 0 Å². The van der Waals surface area contributed by atoms with E-state index < -0.39 is 0 Å². The van der Waals surface area contributed by atoms with Gasteiger partial charge in [-0.2, -0.15) is 0 Å². The first-order valence-corrected chi connectivity index (χ1v) is 6.21. The third-order valence-corrected chi connectivity index (χ3v) is 3.30. The van der Waals surface area contributed by atoms with E-state index in [2.05, 4.69) is 15.3 Å². The second-order valence-corrected chi connectivity index (χ2v) is 4.55. The van der Waals surface area contributed by atoms with Crippen LogP contribution in [0.4, 0.5) is 0 Å². The molecule has 1 unspecified atom stereocenters. The maximum absolute atomic E-state index is 12.2. The number of hydrogen-bond acceptors (Lipinski definition) is 4. The average Bonchev–Trinajstić information content (AvgIpc) is 2.67. The molecule has 0 aliphatic carbocycles. The first-order chi connectivity index (χ1) is 8.68. The zero-order chi connectivity index (χ0) is 13.0. The van der Waals surface area contributed by atoms with Gasteiger partial charge in [0.15, 0.2) is 0 Å². The molecule has 6 heteroatoms. The predicted molar refractivity (Wildman–Crippen MR) is 67.5 cm³/mol. The lowest BCUT2D eigenvalue weighted by Crippen LogP contribution is -2.38. The molecule has 98 valence electrons. The van der Waals surface area contributed by atoms with Gasteiger partial charge in [-0.1, -0.05) is 0 Å². The van der Waals surface area contributed by atoms with Gasteiger partial charge in [-0.3, -0.25) is 9.59 Å². The smallest absolute Gasteiger partial charge is 0.273 e. The Morgan fingerprint density at radius 3 is 3.00 bits per heavy atom. The van der Waals surface area contributed by atoms with Gasteiger partial charge in [0.05, 0.1) is 6.20 Å². The van der Waals surface area contributed by atoms with Crippen LogP contribution in [0.5, 0.6) is 0 Å². The summed E-state index contributed by atoms with van der Waals surface area (Å²) in [7, 11) is 1.80. The molecule has 0 aromatic carbocycles. The summed E-state index contributed by atoms with van der Waals surface area (Å²) in [4.78, 5) is 31.2. The number of H-pyrrole nitrogens is 1. The topological polar surface area (TPSA) is 78.1 Å². The number of amides is 1. The Kier molecular flexibility index (Phi) is 4.09. The minimum Gasteiger partial charge on any atom is -0.337 e. The normalized spacial score (nSPS) is 20.2. The van der Waals surface area contributed by atoms with Crippen molar-refractivity contribution in [1.82, 2.24) is 20.2 Å². The summed E-state index contributed by atoms with van der Waals surface area (Å²) in [6.45, 7) is 1.94. The Bertz CT molecular complexity index is 443. The molecule has 1 aromatic rings. The number of hydrogen-bond donors (Lipinski definition) is 2. The van der Waals surface area contributed by atoms with E-state index in [0.717, 1.165) is 38.5 Å². The van der Waals surface area contributed by atoms with Crippen molar-refractivity contribution in [2.24, 2.45) is 0 Å². The highest BCUT2D eigenvalue weighted by molar-refractivity contribution is 5.91. The molecule has 1 aliphatic heterocycles. The molecular formula is C12H18N4O2. The summed E-state index contributed by atoms with van der Waals surface area (Å²) >= 11 is 0. The summed E-state index contributed by atoms with van der Waals surface area (Å²) in [6, 6.07) is 0.237. The Morgan fingerprint density at radius 1 is 1.44 bits per heavy atom. The standard InChI is InChI=1S/C12H18N4O2/c1-16(9-3-2-5-13-6-4-9)12(18)10-7-15-11(17)8-14-10/h7-9,13H,2-6H2,1H3,(H,15,17). The molecule has 0 spiro atoms. The zero-order valence-electron chi connectivity index (χ0n) is 10.5. The van der Waals surface area contributed by atoms with Gasteiger partial charge in [-0.15, -0.1) is 0 Å². The molecule has 2 rings (SSSR count). The van der Waals surface area contributed by atoms with Crippen LogP contribution in [0, 0.1) is 0 Å². The lowest BCUT2D eigenvalue weighted by Gasteiger charge is -2.26.